The van der Waals surface area contributed by atoms with Crippen molar-refractivity contribution in [2.75, 3.05) is 14.1 Å². The number of esters is 2. The molecule has 3 atom stereocenters. The first kappa shape index (κ1) is 33.6. The number of aryl methyl sites for hydroxylation is 1. The van der Waals surface area contributed by atoms with Crippen LogP contribution in [0, 0.1) is 18.7 Å². The van der Waals surface area contributed by atoms with E-state index in [0.29, 0.717) is 28.9 Å². The number of aromatic nitrogens is 2. The molecule has 0 spiro atoms. The first-order valence-corrected chi connectivity index (χ1v) is 16.5. The molecule has 1 aliphatic carbocycles. The monoisotopic (exact) mass is 662 g/mol. The van der Waals surface area contributed by atoms with Gasteiger partial charge in [0.2, 0.25) is 5.60 Å². The molecule has 11 nitrogen and oxygen atoms in total. The van der Waals surface area contributed by atoms with Gasteiger partial charge in [0, 0.05) is 28.6 Å². The highest BCUT2D eigenvalue weighted by Crippen LogP contribution is 2.47. The smallest absolute Gasteiger partial charge is 0.408 e. The maximum Gasteiger partial charge on any atom is 0.408 e. The Labute approximate surface area is 278 Å². The van der Waals surface area contributed by atoms with E-state index in [1.54, 1.807) is 59.1 Å². The summed E-state index contributed by atoms with van der Waals surface area (Å²) < 4.78 is 33.7. The number of hydrogen-bond acceptors (Lipinski definition) is 9. The van der Waals surface area contributed by atoms with Crippen molar-refractivity contribution in [2.45, 2.75) is 104 Å². The minimum atomic E-state index is -1.96. The van der Waals surface area contributed by atoms with Crippen molar-refractivity contribution in [3.8, 4) is 11.4 Å². The molecular formula is C36H43FN4O7. The number of alkyl carbamates (subject to hydrolysis) is 1. The molecule has 4 heterocycles. The fourth-order valence-electron chi connectivity index (χ4n) is 7.37. The second-order valence-electron chi connectivity index (χ2n) is 14.6. The van der Waals surface area contributed by atoms with E-state index in [4.69, 9.17) is 19.2 Å². The molecule has 256 valence electrons. The molecule has 0 saturated heterocycles. The summed E-state index contributed by atoms with van der Waals surface area (Å²) >= 11 is 0. The van der Waals surface area contributed by atoms with E-state index in [2.05, 4.69) is 10.2 Å². The molecule has 3 aliphatic rings. The number of cyclic esters (lactones) is 1. The summed E-state index contributed by atoms with van der Waals surface area (Å²) in [5.74, 6) is -2.45. The molecule has 2 aliphatic heterocycles. The number of nitrogens with zero attached hydrogens (tertiary/aromatic N) is 3. The lowest BCUT2D eigenvalue weighted by Crippen LogP contribution is -2.53. The number of amides is 1. The minimum Gasteiger partial charge on any atom is -0.457 e. The molecule has 0 radical (unpaired) electrons. The number of benzene rings is 1. The van der Waals surface area contributed by atoms with Crippen molar-refractivity contribution in [3.63, 3.8) is 0 Å². The Morgan fingerprint density at radius 2 is 1.90 bits per heavy atom. The molecular weight excluding hydrogens is 619 g/mol. The maximum atomic E-state index is 15.2. The van der Waals surface area contributed by atoms with Crippen molar-refractivity contribution in [1.82, 2.24) is 19.8 Å². The van der Waals surface area contributed by atoms with Crippen LogP contribution in [0.15, 0.2) is 16.9 Å². The van der Waals surface area contributed by atoms with Gasteiger partial charge in [-0.2, -0.15) is 0 Å². The third kappa shape index (κ3) is 5.24. The molecule has 1 N–H and O–H groups in total. The lowest BCUT2D eigenvalue weighted by molar-refractivity contribution is -0.191. The van der Waals surface area contributed by atoms with Crippen LogP contribution < -0.4 is 10.9 Å². The van der Waals surface area contributed by atoms with Gasteiger partial charge in [-0.25, -0.2) is 23.8 Å². The summed E-state index contributed by atoms with van der Waals surface area (Å²) in [5, 5.41) is 3.50. The summed E-state index contributed by atoms with van der Waals surface area (Å²) in [6.45, 7) is 12.0. The number of carbonyl (C=O) groups is 3. The highest BCUT2D eigenvalue weighted by atomic mass is 19.1. The highest BCUT2D eigenvalue weighted by molar-refractivity contribution is 5.94. The van der Waals surface area contributed by atoms with Crippen LogP contribution in [0.3, 0.4) is 0 Å². The number of carbonyl (C=O) groups excluding carboxylic acids is 3. The van der Waals surface area contributed by atoms with Crippen molar-refractivity contribution >= 4 is 28.9 Å². The molecule has 48 heavy (non-hydrogen) atoms. The summed E-state index contributed by atoms with van der Waals surface area (Å²) in [6, 6.07) is 2.01. The maximum absolute atomic E-state index is 15.2. The Morgan fingerprint density at radius 1 is 1.19 bits per heavy atom. The van der Waals surface area contributed by atoms with Crippen molar-refractivity contribution < 1.29 is 33.0 Å². The third-order valence-corrected chi connectivity index (χ3v) is 9.81. The number of fused-ring (bicyclic) bond motifs is 5. The van der Waals surface area contributed by atoms with Crippen LogP contribution in [-0.2, 0) is 49.0 Å². The normalized spacial score (nSPS) is 20.2. The number of pyridine rings is 2. The molecule has 0 saturated carbocycles. The van der Waals surface area contributed by atoms with Crippen molar-refractivity contribution in [2.24, 2.45) is 5.92 Å². The molecule has 0 bridgehead atoms. The van der Waals surface area contributed by atoms with E-state index in [-0.39, 0.29) is 48.1 Å². The second-order valence-corrected chi connectivity index (χ2v) is 14.6. The number of nitrogens with one attached hydrogen (secondary N) is 1. The van der Waals surface area contributed by atoms with Gasteiger partial charge in [-0.3, -0.25) is 4.79 Å². The van der Waals surface area contributed by atoms with E-state index in [1.165, 1.54) is 6.07 Å². The van der Waals surface area contributed by atoms with Gasteiger partial charge in [-0.1, -0.05) is 20.8 Å². The summed E-state index contributed by atoms with van der Waals surface area (Å²) in [7, 11) is 4.01. The van der Waals surface area contributed by atoms with Crippen LogP contribution in [0.4, 0.5) is 9.18 Å². The van der Waals surface area contributed by atoms with Gasteiger partial charge >= 0.3 is 18.0 Å². The fourth-order valence-corrected chi connectivity index (χ4v) is 7.37. The van der Waals surface area contributed by atoms with E-state index in [9.17, 15) is 19.2 Å². The van der Waals surface area contributed by atoms with Crippen LogP contribution in [0.5, 0.6) is 0 Å². The van der Waals surface area contributed by atoms with E-state index < -0.39 is 41.2 Å². The lowest BCUT2D eigenvalue weighted by Gasteiger charge is -2.37. The van der Waals surface area contributed by atoms with Crippen molar-refractivity contribution in [1.29, 1.82) is 0 Å². The zero-order valence-corrected chi connectivity index (χ0v) is 29.0. The number of halogens is 1. The van der Waals surface area contributed by atoms with Crippen LogP contribution >= 0.6 is 0 Å². The highest BCUT2D eigenvalue weighted by Gasteiger charge is 2.52. The fraction of sp³-hybridized carbons (Fsp3) is 0.528. The van der Waals surface area contributed by atoms with Crippen molar-refractivity contribution in [3.05, 3.63) is 61.7 Å². The molecule has 1 amide bonds. The summed E-state index contributed by atoms with van der Waals surface area (Å²) in [5.41, 5.74) is 2.21. The predicted octanol–water partition coefficient (Wildman–Crippen LogP) is 5.18. The Bertz CT molecular complexity index is 1940. The molecule has 0 fully saturated rings. The van der Waals surface area contributed by atoms with Gasteiger partial charge in [0.25, 0.3) is 5.56 Å². The van der Waals surface area contributed by atoms with Gasteiger partial charge in [0.05, 0.1) is 29.0 Å². The van der Waals surface area contributed by atoms with Crippen LogP contribution in [0.1, 0.15) is 93.8 Å². The topological polar surface area (TPSA) is 129 Å². The first-order chi connectivity index (χ1) is 22.5. The standard InChI is InChI=1S/C36H43FN4O7/c1-10-36(47-32(43)29(17(2)3)39-34(45)48-35(5,6)7)22-13-26-30-20(15-41(26)31(42)21(22)16-46-33(36)44)28-25(40(8)9)12-11-19-18(4)23(37)14-24(38-30)27(19)28/h13-14,17,25,29H,10-12,15-16H2,1-9H3,(H,39,45)/t25-,29?,36-/m0/s1. The van der Waals surface area contributed by atoms with Crippen LogP contribution in [-0.4, -0.2) is 58.2 Å². The molecule has 12 heteroatoms. The molecule has 6 rings (SSSR count). The van der Waals surface area contributed by atoms with E-state index in [1.807, 2.05) is 14.1 Å². The molecule has 2 aromatic heterocycles. The number of rotatable bonds is 6. The molecule has 3 aromatic rings. The predicted molar refractivity (Wildman–Crippen MR) is 176 cm³/mol. The quantitative estimate of drug-likeness (QED) is 0.220. The van der Waals surface area contributed by atoms with Gasteiger partial charge < -0.3 is 29.0 Å². The Balaban J connectivity index is 1.50. The van der Waals surface area contributed by atoms with Gasteiger partial charge in [0.15, 0.2) is 0 Å². The van der Waals surface area contributed by atoms with E-state index in [0.717, 1.165) is 28.5 Å². The average Bonchev–Trinajstić information content (AvgIpc) is 3.37. The lowest BCUT2D eigenvalue weighted by atomic mass is 9.81. The van der Waals surface area contributed by atoms with Gasteiger partial charge in [0.1, 0.15) is 24.1 Å². The largest absolute Gasteiger partial charge is 0.457 e. The summed E-state index contributed by atoms with van der Waals surface area (Å²) in [6.07, 6.45) is 0.644. The molecule has 1 aromatic carbocycles. The zero-order chi connectivity index (χ0) is 35.0. The molecule has 1 unspecified atom stereocenters. The third-order valence-electron chi connectivity index (χ3n) is 9.81. The Morgan fingerprint density at radius 3 is 2.52 bits per heavy atom. The van der Waals surface area contributed by atoms with E-state index >= 15 is 4.39 Å². The summed E-state index contributed by atoms with van der Waals surface area (Å²) in [4.78, 5) is 61.4. The number of ether oxygens (including phenoxy) is 3. The van der Waals surface area contributed by atoms with Crippen LogP contribution in [0.25, 0.3) is 22.3 Å². The number of hydrogen-bond donors (Lipinski definition) is 1. The first-order valence-electron chi connectivity index (χ1n) is 16.5. The Hall–Kier alpha value is -4.32. The second kappa shape index (κ2) is 11.7. The van der Waals surface area contributed by atoms with Crippen LogP contribution in [0.2, 0.25) is 0 Å². The van der Waals surface area contributed by atoms with Gasteiger partial charge in [-0.15, -0.1) is 0 Å². The average molecular weight is 663 g/mol. The SMILES string of the molecule is CC[C@@]1(OC(=O)C(NC(=O)OC(C)(C)C)C(C)C)C(=O)OCc2c1cc1n(c2=O)Cc2c-1nc1cc(F)c(C)c3c1c2[C@@H](N(C)C)CC3. The zero-order valence-electron chi connectivity index (χ0n) is 29.0. The Kier molecular flexibility index (Phi) is 8.17. The van der Waals surface area contributed by atoms with Gasteiger partial charge in [-0.05, 0) is 89.7 Å². The minimum absolute atomic E-state index is 0.0206.